The van der Waals surface area contributed by atoms with E-state index in [2.05, 4.69) is 5.32 Å². The van der Waals surface area contributed by atoms with E-state index >= 15 is 0 Å². The number of amides is 1. The zero-order valence-corrected chi connectivity index (χ0v) is 15.1. The average Bonchev–Trinajstić information content (AvgIpc) is 3.05. The highest BCUT2D eigenvalue weighted by atomic mass is 32.2. The van der Waals surface area contributed by atoms with E-state index in [1.54, 1.807) is 25.3 Å². The fourth-order valence-electron chi connectivity index (χ4n) is 2.94. The summed E-state index contributed by atoms with van der Waals surface area (Å²) in [5.74, 6) is 0.666. The molecule has 1 amide bonds. The topological polar surface area (TPSA) is 84.9 Å². The van der Waals surface area contributed by atoms with Gasteiger partial charge >= 0.3 is 0 Å². The Morgan fingerprint density at radius 2 is 1.92 bits per heavy atom. The van der Waals surface area contributed by atoms with Crippen LogP contribution in [0.15, 0.2) is 18.2 Å². The monoisotopic (exact) mass is 356 g/mol. The summed E-state index contributed by atoms with van der Waals surface area (Å²) in [6.07, 6.45) is 4.72. The van der Waals surface area contributed by atoms with Crippen LogP contribution in [0.3, 0.4) is 0 Å². The number of ether oxygens (including phenoxy) is 2. The van der Waals surface area contributed by atoms with Gasteiger partial charge in [-0.2, -0.15) is 4.31 Å². The summed E-state index contributed by atoms with van der Waals surface area (Å²) < 4.78 is 35.7. The van der Waals surface area contributed by atoms with Gasteiger partial charge < -0.3 is 14.8 Å². The summed E-state index contributed by atoms with van der Waals surface area (Å²) in [6, 6.07) is 4.92. The Bertz CT molecular complexity index is 684. The molecule has 134 valence electrons. The standard InChI is InChI=1S/C16H24N2O5S/c1-22-13-8-9-14(15(10-13)23-2)17-16(19)11-18(24(3,20)21)12-6-4-5-7-12/h8-10,12H,4-7,11H2,1-3H3,(H,17,19). The van der Waals surface area contributed by atoms with Crippen molar-refractivity contribution >= 4 is 21.6 Å². The van der Waals surface area contributed by atoms with E-state index in [1.807, 2.05) is 0 Å². The highest BCUT2D eigenvalue weighted by Crippen LogP contribution is 2.29. The van der Waals surface area contributed by atoms with Crippen LogP contribution < -0.4 is 14.8 Å². The molecule has 0 heterocycles. The Labute approximate surface area is 143 Å². The second kappa shape index (κ2) is 7.85. The zero-order valence-electron chi connectivity index (χ0n) is 14.2. The van der Waals surface area contributed by atoms with Crippen LogP contribution >= 0.6 is 0 Å². The van der Waals surface area contributed by atoms with Crippen molar-refractivity contribution in [1.82, 2.24) is 4.31 Å². The molecule has 1 N–H and O–H groups in total. The van der Waals surface area contributed by atoms with Crippen LogP contribution in [0.25, 0.3) is 0 Å². The van der Waals surface area contributed by atoms with E-state index < -0.39 is 15.9 Å². The van der Waals surface area contributed by atoms with E-state index in [0.717, 1.165) is 31.9 Å². The molecule has 0 spiro atoms. The summed E-state index contributed by atoms with van der Waals surface area (Å²) in [5.41, 5.74) is 0.475. The maximum absolute atomic E-state index is 12.3. The van der Waals surface area contributed by atoms with Gasteiger partial charge in [0.15, 0.2) is 0 Å². The number of anilines is 1. The predicted molar refractivity (Wildman–Crippen MR) is 92.0 cm³/mol. The van der Waals surface area contributed by atoms with Crippen LogP contribution in [-0.2, 0) is 14.8 Å². The highest BCUT2D eigenvalue weighted by Gasteiger charge is 2.31. The lowest BCUT2D eigenvalue weighted by Crippen LogP contribution is -2.43. The van der Waals surface area contributed by atoms with Crippen molar-refractivity contribution < 1.29 is 22.7 Å². The maximum Gasteiger partial charge on any atom is 0.239 e. The summed E-state index contributed by atoms with van der Waals surface area (Å²) in [7, 11) is -0.409. The molecule has 0 atom stereocenters. The fraction of sp³-hybridized carbons (Fsp3) is 0.562. The molecule has 1 aromatic rings. The lowest BCUT2D eigenvalue weighted by molar-refractivity contribution is -0.116. The molecule has 1 saturated carbocycles. The van der Waals surface area contributed by atoms with Crippen molar-refractivity contribution in [3.05, 3.63) is 18.2 Å². The van der Waals surface area contributed by atoms with Crippen molar-refractivity contribution in [1.29, 1.82) is 0 Å². The van der Waals surface area contributed by atoms with Gasteiger partial charge in [-0.1, -0.05) is 12.8 Å². The minimum absolute atomic E-state index is 0.0940. The van der Waals surface area contributed by atoms with Crippen molar-refractivity contribution in [2.24, 2.45) is 0 Å². The molecule has 24 heavy (non-hydrogen) atoms. The quantitative estimate of drug-likeness (QED) is 0.806. The first-order chi connectivity index (χ1) is 11.3. The molecule has 0 bridgehead atoms. The van der Waals surface area contributed by atoms with Gasteiger partial charge in [0.05, 0.1) is 32.7 Å². The molecule has 1 aromatic carbocycles. The number of nitrogens with one attached hydrogen (secondary N) is 1. The van der Waals surface area contributed by atoms with Crippen LogP contribution in [0.2, 0.25) is 0 Å². The van der Waals surface area contributed by atoms with Gasteiger partial charge in [-0.3, -0.25) is 4.79 Å². The fourth-order valence-corrected chi connectivity index (χ4v) is 4.05. The van der Waals surface area contributed by atoms with Gasteiger partial charge in [0.2, 0.25) is 15.9 Å². The van der Waals surface area contributed by atoms with Gasteiger partial charge in [-0.05, 0) is 25.0 Å². The molecule has 1 aliphatic rings. The van der Waals surface area contributed by atoms with Crippen LogP contribution in [0.5, 0.6) is 11.5 Å². The van der Waals surface area contributed by atoms with Gasteiger partial charge in [0, 0.05) is 12.1 Å². The first kappa shape index (κ1) is 18.5. The van der Waals surface area contributed by atoms with Crippen LogP contribution in [-0.4, -0.2) is 51.7 Å². The number of rotatable bonds is 7. The van der Waals surface area contributed by atoms with Crippen molar-refractivity contribution in [3.8, 4) is 11.5 Å². The molecular formula is C16H24N2O5S. The number of hydrogen-bond acceptors (Lipinski definition) is 5. The van der Waals surface area contributed by atoms with E-state index in [4.69, 9.17) is 9.47 Å². The number of sulfonamides is 1. The van der Waals surface area contributed by atoms with Gasteiger partial charge in [-0.25, -0.2) is 8.42 Å². The molecule has 1 fully saturated rings. The first-order valence-corrected chi connectivity index (χ1v) is 9.68. The molecule has 0 radical (unpaired) electrons. The molecule has 8 heteroatoms. The molecule has 2 rings (SSSR count). The summed E-state index contributed by atoms with van der Waals surface area (Å²) in [4.78, 5) is 12.3. The molecule has 0 saturated heterocycles. The third-order valence-corrected chi connectivity index (χ3v) is 5.42. The van der Waals surface area contributed by atoms with Crippen molar-refractivity contribution in [2.75, 3.05) is 32.3 Å². The van der Waals surface area contributed by atoms with Crippen LogP contribution in [0.4, 0.5) is 5.69 Å². The average molecular weight is 356 g/mol. The van der Waals surface area contributed by atoms with Crippen molar-refractivity contribution in [2.45, 2.75) is 31.7 Å². The molecule has 0 aliphatic heterocycles. The summed E-state index contributed by atoms with van der Waals surface area (Å²) in [6.45, 7) is -0.196. The third-order valence-electron chi connectivity index (χ3n) is 4.14. The second-order valence-electron chi connectivity index (χ2n) is 5.86. The Morgan fingerprint density at radius 3 is 2.46 bits per heavy atom. The Kier molecular flexibility index (Phi) is 6.06. The van der Waals surface area contributed by atoms with Gasteiger partial charge in [-0.15, -0.1) is 0 Å². The smallest absolute Gasteiger partial charge is 0.239 e. The highest BCUT2D eigenvalue weighted by molar-refractivity contribution is 7.88. The zero-order chi connectivity index (χ0) is 17.7. The van der Waals surface area contributed by atoms with Gasteiger partial charge in [0.25, 0.3) is 0 Å². The molecular weight excluding hydrogens is 332 g/mol. The minimum atomic E-state index is -3.44. The normalized spacial score (nSPS) is 15.5. The molecule has 0 aromatic heterocycles. The number of carbonyl (C=O) groups excluding carboxylic acids is 1. The predicted octanol–water partition coefficient (Wildman–Crippen LogP) is 1.85. The Morgan fingerprint density at radius 1 is 1.25 bits per heavy atom. The molecule has 7 nitrogen and oxygen atoms in total. The van der Waals surface area contributed by atoms with E-state index in [-0.39, 0.29) is 12.6 Å². The Balaban J connectivity index is 2.11. The summed E-state index contributed by atoms with van der Waals surface area (Å²) in [5, 5.41) is 2.71. The third kappa shape index (κ3) is 4.61. The van der Waals surface area contributed by atoms with Crippen molar-refractivity contribution in [3.63, 3.8) is 0 Å². The SMILES string of the molecule is COc1ccc(NC(=O)CN(C2CCCC2)S(C)(=O)=O)c(OC)c1. The first-order valence-electron chi connectivity index (χ1n) is 7.84. The largest absolute Gasteiger partial charge is 0.497 e. The summed E-state index contributed by atoms with van der Waals surface area (Å²) >= 11 is 0. The number of hydrogen-bond donors (Lipinski definition) is 1. The number of carbonyl (C=O) groups is 1. The minimum Gasteiger partial charge on any atom is -0.497 e. The van der Waals surface area contributed by atoms with E-state index in [0.29, 0.717) is 17.2 Å². The lowest BCUT2D eigenvalue weighted by Gasteiger charge is -2.25. The van der Waals surface area contributed by atoms with E-state index in [9.17, 15) is 13.2 Å². The van der Waals surface area contributed by atoms with Crippen LogP contribution in [0, 0.1) is 0 Å². The van der Waals surface area contributed by atoms with E-state index in [1.165, 1.54) is 11.4 Å². The van der Waals surface area contributed by atoms with Crippen LogP contribution in [0.1, 0.15) is 25.7 Å². The molecule has 1 aliphatic carbocycles. The number of methoxy groups -OCH3 is 2. The number of nitrogens with zero attached hydrogens (tertiary/aromatic N) is 1. The molecule has 0 unspecified atom stereocenters. The Hall–Kier alpha value is -1.80. The maximum atomic E-state index is 12.3. The second-order valence-corrected chi connectivity index (χ2v) is 7.80. The lowest BCUT2D eigenvalue weighted by atomic mass is 10.2. The number of benzene rings is 1. The van der Waals surface area contributed by atoms with Gasteiger partial charge in [0.1, 0.15) is 11.5 Å².